The van der Waals surface area contributed by atoms with Crippen LogP contribution in [0.1, 0.15) is 31.7 Å². The molecular weight excluding hydrogens is 278 g/mol. The third kappa shape index (κ3) is 3.69. The summed E-state index contributed by atoms with van der Waals surface area (Å²) in [5.41, 5.74) is 2.37. The summed E-state index contributed by atoms with van der Waals surface area (Å²) < 4.78 is 1.95. The molecule has 1 N–H and O–H groups in total. The second-order valence-corrected chi connectivity index (χ2v) is 7.06. The fraction of sp³-hybridized carbons (Fsp3) is 0.471. The van der Waals surface area contributed by atoms with Crippen LogP contribution in [0, 0.1) is 0 Å². The summed E-state index contributed by atoms with van der Waals surface area (Å²) in [5, 5.41) is 8.97. The van der Waals surface area contributed by atoms with Crippen molar-refractivity contribution >= 4 is 11.8 Å². The lowest BCUT2D eigenvalue weighted by atomic mass is 10.2. The highest BCUT2D eigenvalue weighted by atomic mass is 32.2. The van der Waals surface area contributed by atoms with Gasteiger partial charge in [-0.1, -0.05) is 31.5 Å². The first-order valence-corrected chi connectivity index (χ1v) is 8.85. The van der Waals surface area contributed by atoms with Gasteiger partial charge in [-0.2, -0.15) is 16.9 Å². The highest BCUT2D eigenvalue weighted by Gasteiger charge is 2.26. The van der Waals surface area contributed by atoms with Crippen molar-refractivity contribution in [3.8, 4) is 5.69 Å². The van der Waals surface area contributed by atoms with E-state index in [2.05, 4.69) is 47.4 Å². The average molecular weight is 301 g/mol. The Kier molecular flexibility index (Phi) is 4.99. The zero-order chi connectivity index (χ0) is 14.5. The van der Waals surface area contributed by atoms with Crippen molar-refractivity contribution in [3.63, 3.8) is 0 Å². The quantitative estimate of drug-likeness (QED) is 0.883. The van der Waals surface area contributed by atoms with Crippen LogP contribution in [0.5, 0.6) is 0 Å². The lowest BCUT2D eigenvalue weighted by molar-refractivity contribution is 0.532. The summed E-state index contributed by atoms with van der Waals surface area (Å²) in [7, 11) is 0. The molecule has 1 heterocycles. The SMILES string of the molecule is CCSC1CCCC1NCc1cnn(-c2ccccc2)c1. The standard InChI is InChI=1S/C17H23N3S/c1-2-21-17-10-6-9-16(17)18-11-14-12-19-20(13-14)15-7-4-3-5-8-15/h3-5,7-8,12-13,16-18H,2,6,9-11H2,1H3. The molecule has 4 heteroatoms. The first kappa shape index (κ1) is 14.7. The highest BCUT2D eigenvalue weighted by molar-refractivity contribution is 7.99. The number of rotatable bonds is 6. The van der Waals surface area contributed by atoms with Crippen molar-refractivity contribution in [2.75, 3.05) is 5.75 Å². The van der Waals surface area contributed by atoms with Gasteiger partial charge in [-0.25, -0.2) is 4.68 Å². The Hall–Kier alpha value is -1.26. The van der Waals surface area contributed by atoms with Crippen molar-refractivity contribution in [3.05, 3.63) is 48.3 Å². The molecule has 112 valence electrons. The maximum atomic E-state index is 4.46. The molecule has 1 aromatic carbocycles. The van der Waals surface area contributed by atoms with Crippen LogP contribution in [0.2, 0.25) is 0 Å². The molecule has 1 saturated carbocycles. The fourth-order valence-corrected chi connectivity index (χ4v) is 4.22. The van der Waals surface area contributed by atoms with Gasteiger partial charge in [0.2, 0.25) is 0 Å². The van der Waals surface area contributed by atoms with Crippen LogP contribution < -0.4 is 5.32 Å². The third-order valence-corrected chi connectivity index (χ3v) is 5.38. The summed E-state index contributed by atoms with van der Waals surface area (Å²) in [6, 6.07) is 10.9. The van der Waals surface area contributed by atoms with E-state index in [1.165, 1.54) is 30.6 Å². The molecule has 0 aliphatic heterocycles. The summed E-state index contributed by atoms with van der Waals surface area (Å²) >= 11 is 2.10. The van der Waals surface area contributed by atoms with Crippen LogP contribution in [-0.4, -0.2) is 26.8 Å². The van der Waals surface area contributed by atoms with Gasteiger partial charge in [-0.05, 0) is 30.7 Å². The maximum Gasteiger partial charge on any atom is 0.0645 e. The Balaban J connectivity index is 1.58. The van der Waals surface area contributed by atoms with Crippen molar-refractivity contribution in [2.45, 2.75) is 44.0 Å². The molecule has 3 nitrogen and oxygen atoms in total. The van der Waals surface area contributed by atoms with Gasteiger partial charge in [0.1, 0.15) is 0 Å². The van der Waals surface area contributed by atoms with Crippen LogP contribution in [0.15, 0.2) is 42.7 Å². The molecule has 0 spiro atoms. The van der Waals surface area contributed by atoms with Gasteiger partial charge in [-0.15, -0.1) is 0 Å². The Labute approximate surface area is 131 Å². The smallest absolute Gasteiger partial charge is 0.0645 e. The molecule has 2 unspecified atom stereocenters. The second kappa shape index (κ2) is 7.14. The van der Waals surface area contributed by atoms with E-state index in [0.717, 1.165) is 17.5 Å². The van der Waals surface area contributed by atoms with E-state index < -0.39 is 0 Å². The predicted octanol–water partition coefficient (Wildman–Crippen LogP) is 3.64. The molecule has 1 aliphatic carbocycles. The summed E-state index contributed by atoms with van der Waals surface area (Å²) in [4.78, 5) is 0. The number of nitrogens with zero attached hydrogens (tertiary/aromatic N) is 2. The van der Waals surface area contributed by atoms with Crippen LogP contribution in [0.4, 0.5) is 0 Å². The Morgan fingerprint density at radius 2 is 2.14 bits per heavy atom. The lowest BCUT2D eigenvalue weighted by Gasteiger charge is -2.19. The average Bonchev–Trinajstić information content (AvgIpc) is 3.16. The number of para-hydroxylation sites is 1. The highest BCUT2D eigenvalue weighted by Crippen LogP contribution is 2.30. The minimum absolute atomic E-state index is 0.662. The summed E-state index contributed by atoms with van der Waals surface area (Å²) in [6.45, 7) is 3.17. The Morgan fingerprint density at radius 3 is 2.95 bits per heavy atom. The van der Waals surface area contributed by atoms with Gasteiger partial charge in [0.25, 0.3) is 0 Å². The van der Waals surface area contributed by atoms with Crippen molar-refractivity contribution < 1.29 is 0 Å². The lowest BCUT2D eigenvalue weighted by Crippen LogP contribution is -2.33. The largest absolute Gasteiger partial charge is 0.309 e. The van der Waals surface area contributed by atoms with Gasteiger partial charge in [-0.3, -0.25) is 0 Å². The predicted molar refractivity (Wildman–Crippen MR) is 90.0 cm³/mol. The topological polar surface area (TPSA) is 29.9 Å². The molecule has 2 atom stereocenters. The number of aromatic nitrogens is 2. The third-order valence-electron chi connectivity index (χ3n) is 4.06. The van der Waals surface area contributed by atoms with E-state index >= 15 is 0 Å². The van der Waals surface area contributed by atoms with Gasteiger partial charge in [0, 0.05) is 29.6 Å². The Morgan fingerprint density at radius 1 is 1.29 bits per heavy atom. The van der Waals surface area contributed by atoms with Gasteiger partial charge in [0.05, 0.1) is 11.9 Å². The van der Waals surface area contributed by atoms with E-state index in [4.69, 9.17) is 0 Å². The number of nitrogens with one attached hydrogen (secondary N) is 1. The van der Waals surface area contributed by atoms with E-state index in [0.29, 0.717) is 6.04 Å². The molecule has 1 aromatic heterocycles. The minimum Gasteiger partial charge on any atom is -0.309 e. The first-order valence-electron chi connectivity index (χ1n) is 7.81. The van der Waals surface area contributed by atoms with E-state index in [1.54, 1.807) is 0 Å². The first-order chi connectivity index (χ1) is 10.4. The zero-order valence-corrected chi connectivity index (χ0v) is 13.4. The maximum absolute atomic E-state index is 4.46. The monoisotopic (exact) mass is 301 g/mol. The number of hydrogen-bond acceptors (Lipinski definition) is 3. The van der Waals surface area contributed by atoms with Gasteiger partial charge in [0.15, 0.2) is 0 Å². The van der Waals surface area contributed by atoms with E-state index in [9.17, 15) is 0 Å². The molecule has 1 aliphatic rings. The molecule has 0 saturated heterocycles. The molecule has 3 rings (SSSR count). The van der Waals surface area contributed by atoms with Crippen LogP contribution in [0.25, 0.3) is 5.69 Å². The molecule has 0 bridgehead atoms. The summed E-state index contributed by atoms with van der Waals surface area (Å²) in [6.07, 6.45) is 8.12. The second-order valence-electron chi connectivity index (χ2n) is 5.54. The van der Waals surface area contributed by atoms with Crippen molar-refractivity contribution in [1.29, 1.82) is 0 Å². The molecule has 0 radical (unpaired) electrons. The van der Waals surface area contributed by atoms with Crippen LogP contribution in [0.3, 0.4) is 0 Å². The van der Waals surface area contributed by atoms with E-state index in [1.807, 2.05) is 29.1 Å². The zero-order valence-electron chi connectivity index (χ0n) is 12.5. The van der Waals surface area contributed by atoms with E-state index in [-0.39, 0.29) is 0 Å². The molecular formula is C17H23N3S. The van der Waals surface area contributed by atoms with Crippen molar-refractivity contribution in [1.82, 2.24) is 15.1 Å². The number of hydrogen-bond donors (Lipinski definition) is 1. The summed E-state index contributed by atoms with van der Waals surface area (Å²) in [5.74, 6) is 1.22. The van der Waals surface area contributed by atoms with Gasteiger partial charge < -0.3 is 5.32 Å². The molecule has 21 heavy (non-hydrogen) atoms. The number of benzene rings is 1. The molecule has 1 fully saturated rings. The van der Waals surface area contributed by atoms with Gasteiger partial charge >= 0.3 is 0 Å². The van der Waals surface area contributed by atoms with Crippen LogP contribution >= 0.6 is 11.8 Å². The minimum atomic E-state index is 0.662. The molecule has 0 amide bonds. The number of thioether (sulfide) groups is 1. The normalized spacial score (nSPS) is 21.8. The van der Waals surface area contributed by atoms with Crippen molar-refractivity contribution in [2.24, 2.45) is 0 Å². The van der Waals surface area contributed by atoms with Crippen LogP contribution in [-0.2, 0) is 6.54 Å². The molecule has 2 aromatic rings. The fourth-order valence-electron chi connectivity index (χ4n) is 3.00. The Bertz CT molecular complexity index is 552.